The minimum Gasteiger partial charge on any atom is -0.466 e. The minimum absolute atomic E-state index is 0.00914. The third-order valence-corrected chi connectivity index (χ3v) is 13.0. The van der Waals surface area contributed by atoms with Gasteiger partial charge in [0.25, 0.3) is 0 Å². The number of unbranched alkanes of at least 4 members (excludes halogenated alkanes) is 38. The molecule has 3 N–H and O–H groups in total. The summed E-state index contributed by atoms with van der Waals surface area (Å²) in [5, 5.41) is 23.1. The smallest absolute Gasteiger partial charge is 0.305 e. The summed E-state index contributed by atoms with van der Waals surface area (Å²) in [5.41, 5.74) is 0. The topological polar surface area (TPSA) is 95.9 Å². The molecule has 6 nitrogen and oxygen atoms in total. The number of aliphatic hydroxyl groups excluding tert-OH is 2. The van der Waals surface area contributed by atoms with Crippen molar-refractivity contribution >= 4 is 11.9 Å². The number of hydrogen-bond acceptors (Lipinski definition) is 5. The van der Waals surface area contributed by atoms with Crippen molar-refractivity contribution < 1.29 is 24.5 Å². The van der Waals surface area contributed by atoms with Gasteiger partial charge in [-0.15, -0.1) is 0 Å². The lowest BCUT2D eigenvalue weighted by Gasteiger charge is -2.22. The minimum atomic E-state index is -0.668. The first-order chi connectivity index (χ1) is 31.0. The molecule has 0 spiro atoms. The van der Waals surface area contributed by atoms with Gasteiger partial charge in [0.15, 0.2) is 0 Å². The molecule has 63 heavy (non-hydrogen) atoms. The Bertz CT molecular complexity index is 982. The maximum Gasteiger partial charge on any atom is 0.305 e. The Kier molecular flexibility index (Phi) is 51.6. The molecular formula is C57H109NO5. The van der Waals surface area contributed by atoms with E-state index < -0.39 is 12.1 Å². The van der Waals surface area contributed by atoms with E-state index in [1.807, 2.05) is 0 Å². The number of allylic oxidation sites excluding steroid dienone is 4. The summed E-state index contributed by atoms with van der Waals surface area (Å²) >= 11 is 0. The number of carbonyl (C=O) groups excluding carboxylic acids is 2. The highest BCUT2D eigenvalue weighted by Crippen LogP contribution is 2.17. The average Bonchev–Trinajstić information content (AvgIpc) is 3.28. The molecule has 0 aromatic heterocycles. The van der Waals surface area contributed by atoms with Gasteiger partial charge >= 0.3 is 5.97 Å². The SMILES string of the molecule is CCCCCCCCCCCCCCCCCCCCC(=O)OCCCCC/C=C\C=C/CCCCCCCCCCCCC(=O)NC(CO)C(O)CCCCCCCCCCC. The van der Waals surface area contributed by atoms with Crippen LogP contribution in [0.4, 0.5) is 0 Å². The zero-order valence-electron chi connectivity index (χ0n) is 42.3. The van der Waals surface area contributed by atoms with Gasteiger partial charge in [-0.05, 0) is 57.8 Å². The van der Waals surface area contributed by atoms with Crippen LogP contribution < -0.4 is 5.32 Å². The number of hydrogen-bond donors (Lipinski definition) is 3. The highest BCUT2D eigenvalue weighted by Gasteiger charge is 2.20. The number of nitrogens with one attached hydrogen (secondary N) is 1. The normalized spacial score (nSPS) is 12.8. The summed E-state index contributed by atoms with van der Waals surface area (Å²) in [7, 11) is 0. The standard InChI is InChI=1S/C57H109NO5/c1-3-5-7-9-11-13-14-15-16-17-22-25-28-31-35-39-43-47-51-57(62)63-52-48-44-40-36-32-29-26-23-20-18-19-21-24-27-30-34-38-42-46-50-56(61)58-54(53-59)55(60)49-45-41-37-33-12-10-8-6-4-2/h23,26,29,32,54-55,59-60H,3-22,24-25,27-28,30-31,33-53H2,1-2H3,(H,58,61)/b26-23-,32-29-. The molecule has 0 bridgehead atoms. The van der Waals surface area contributed by atoms with Gasteiger partial charge in [0.2, 0.25) is 5.91 Å². The fraction of sp³-hybridized carbons (Fsp3) is 0.895. The molecule has 0 rings (SSSR count). The van der Waals surface area contributed by atoms with E-state index in [1.54, 1.807) is 0 Å². The first-order valence-electron chi connectivity index (χ1n) is 28.1. The lowest BCUT2D eigenvalue weighted by Crippen LogP contribution is -2.45. The molecular weight excluding hydrogens is 779 g/mol. The summed E-state index contributed by atoms with van der Waals surface area (Å²) in [6.45, 7) is 4.90. The number of ether oxygens (including phenoxy) is 1. The van der Waals surface area contributed by atoms with Crippen LogP contribution in [0.15, 0.2) is 24.3 Å². The Morgan fingerprint density at radius 1 is 0.444 bits per heavy atom. The van der Waals surface area contributed by atoms with Crippen molar-refractivity contribution in [2.45, 2.75) is 315 Å². The fourth-order valence-corrected chi connectivity index (χ4v) is 8.69. The van der Waals surface area contributed by atoms with Crippen LogP contribution in [0.25, 0.3) is 0 Å². The Morgan fingerprint density at radius 2 is 0.778 bits per heavy atom. The number of aliphatic hydroxyl groups is 2. The quantitative estimate of drug-likeness (QED) is 0.0321. The molecule has 1 amide bonds. The van der Waals surface area contributed by atoms with E-state index in [0.717, 1.165) is 70.6 Å². The van der Waals surface area contributed by atoms with Crippen LogP contribution in [0.5, 0.6) is 0 Å². The maximum absolute atomic E-state index is 12.4. The van der Waals surface area contributed by atoms with Gasteiger partial charge in [-0.25, -0.2) is 0 Å². The Hall–Kier alpha value is -1.66. The van der Waals surface area contributed by atoms with Crippen molar-refractivity contribution in [3.8, 4) is 0 Å². The number of carbonyl (C=O) groups is 2. The van der Waals surface area contributed by atoms with E-state index in [4.69, 9.17) is 4.74 Å². The molecule has 372 valence electrons. The largest absolute Gasteiger partial charge is 0.466 e. The molecule has 2 atom stereocenters. The lowest BCUT2D eigenvalue weighted by molar-refractivity contribution is -0.143. The molecule has 0 aromatic rings. The summed E-state index contributed by atoms with van der Waals surface area (Å²) in [5.74, 6) is -0.0562. The van der Waals surface area contributed by atoms with Crippen molar-refractivity contribution in [3.05, 3.63) is 24.3 Å². The van der Waals surface area contributed by atoms with Crippen LogP contribution in [0.3, 0.4) is 0 Å². The summed E-state index contributed by atoms with van der Waals surface area (Å²) in [6.07, 6.45) is 63.2. The molecule has 0 aliphatic heterocycles. The monoisotopic (exact) mass is 888 g/mol. The van der Waals surface area contributed by atoms with Crippen LogP contribution >= 0.6 is 0 Å². The lowest BCUT2D eigenvalue weighted by atomic mass is 10.0. The van der Waals surface area contributed by atoms with Gasteiger partial charge in [-0.2, -0.15) is 0 Å². The van der Waals surface area contributed by atoms with Crippen LogP contribution in [0.1, 0.15) is 303 Å². The average molecular weight is 889 g/mol. The second-order valence-electron chi connectivity index (χ2n) is 19.3. The molecule has 0 saturated heterocycles. The van der Waals surface area contributed by atoms with E-state index in [9.17, 15) is 19.8 Å². The van der Waals surface area contributed by atoms with Gasteiger partial charge < -0.3 is 20.3 Å². The van der Waals surface area contributed by atoms with Gasteiger partial charge in [0, 0.05) is 12.8 Å². The third-order valence-electron chi connectivity index (χ3n) is 13.0. The molecule has 0 aromatic carbocycles. The number of amides is 1. The number of rotatable bonds is 52. The van der Waals surface area contributed by atoms with Crippen LogP contribution in [0.2, 0.25) is 0 Å². The summed E-state index contributed by atoms with van der Waals surface area (Å²) < 4.78 is 5.46. The van der Waals surface area contributed by atoms with Crippen molar-refractivity contribution in [1.29, 1.82) is 0 Å². The predicted molar refractivity (Wildman–Crippen MR) is 273 cm³/mol. The molecule has 0 fully saturated rings. The first kappa shape index (κ1) is 61.3. The van der Waals surface area contributed by atoms with Gasteiger partial charge in [-0.3, -0.25) is 9.59 Å². The molecule has 0 saturated carbocycles. The van der Waals surface area contributed by atoms with Gasteiger partial charge in [0.1, 0.15) is 0 Å². The molecule has 0 radical (unpaired) electrons. The van der Waals surface area contributed by atoms with Gasteiger partial charge in [0.05, 0.1) is 25.4 Å². The van der Waals surface area contributed by atoms with E-state index in [-0.39, 0.29) is 18.5 Å². The van der Waals surface area contributed by atoms with Crippen molar-refractivity contribution in [1.82, 2.24) is 5.32 Å². The first-order valence-corrected chi connectivity index (χ1v) is 28.1. The van der Waals surface area contributed by atoms with Crippen molar-refractivity contribution in [3.63, 3.8) is 0 Å². The molecule has 0 heterocycles. The highest BCUT2D eigenvalue weighted by molar-refractivity contribution is 5.76. The Labute approximate surface area is 392 Å². The summed E-state index contributed by atoms with van der Waals surface area (Å²) in [6, 6.07) is -0.546. The molecule has 2 unspecified atom stereocenters. The number of esters is 1. The van der Waals surface area contributed by atoms with E-state index in [2.05, 4.69) is 43.5 Å². The van der Waals surface area contributed by atoms with Crippen LogP contribution in [-0.4, -0.2) is 47.4 Å². The van der Waals surface area contributed by atoms with Crippen LogP contribution in [0, 0.1) is 0 Å². The maximum atomic E-state index is 12.4. The van der Waals surface area contributed by atoms with Gasteiger partial charge in [-0.1, -0.05) is 256 Å². The van der Waals surface area contributed by atoms with E-state index in [0.29, 0.717) is 25.9 Å². The Balaban J connectivity index is 3.43. The zero-order chi connectivity index (χ0) is 45.8. The Morgan fingerprint density at radius 3 is 1.17 bits per heavy atom. The van der Waals surface area contributed by atoms with E-state index in [1.165, 1.54) is 199 Å². The second-order valence-corrected chi connectivity index (χ2v) is 19.3. The van der Waals surface area contributed by atoms with Crippen molar-refractivity contribution in [2.24, 2.45) is 0 Å². The fourth-order valence-electron chi connectivity index (χ4n) is 8.69. The van der Waals surface area contributed by atoms with Crippen LogP contribution in [-0.2, 0) is 14.3 Å². The molecule has 6 heteroatoms. The predicted octanol–water partition coefficient (Wildman–Crippen LogP) is 17.1. The molecule has 0 aliphatic rings. The van der Waals surface area contributed by atoms with Crippen molar-refractivity contribution in [2.75, 3.05) is 13.2 Å². The third kappa shape index (κ3) is 49.6. The van der Waals surface area contributed by atoms with E-state index >= 15 is 0 Å². The molecule has 0 aliphatic carbocycles. The summed E-state index contributed by atoms with van der Waals surface area (Å²) in [4.78, 5) is 24.5. The highest BCUT2D eigenvalue weighted by atomic mass is 16.5. The second kappa shape index (κ2) is 53.0. The zero-order valence-corrected chi connectivity index (χ0v) is 42.3.